The Morgan fingerprint density at radius 3 is 2.71 bits per heavy atom. The number of likely N-dealkylation sites (N-methyl/N-ethyl adjacent to an activating group) is 1. The van der Waals surface area contributed by atoms with Crippen molar-refractivity contribution in [1.82, 2.24) is 9.97 Å². The van der Waals surface area contributed by atoms with Gasteiger partial charge in [-0.2, -0.15) is 4.98 Å². The highest BCUT2D eigenvalue weighted by Gasteiger charge is 2.28. The number of carbonyl (C=O) groups excluding carboxylic acids is 1. The molecule has 1 amide bonds. The third-order valence-corrected chi connectivity index (χ3v) is 7.50. The molecule has 0 saturated carbocycles. The first-order chi connectivity index (χ1) is 16.9. The van der Waals surface area contributed by atoms with Gasteiger partial charge in [0.05, 0.1) is 0 Å². The van der Waals surface area contributed by atoms with Gasteiger partial charge in [0.1, 0.15) is 23.2 Å². The van der Waals surface area contributed by atoms with Gasteiger partial charge in [0.15, 0.2) is 0 Å². The second-order valence-electron chi connectivity index (χ2n) is 9.39. The lowest BCUT2D eigenvalue weighted by molar-refractivity contribution is 0.0989. The second kappa shape index (κ2) is 11.1. The predicted octanol–water partition coefficient (Wildman–Crippen LogP) is 5.65. The fraction of sp³-hybridized carbons (Fsp3) is 0.444. The van der Waals surface area contributed by atoms with Crippen LogP contribution < -0.4 is 19.4 Å². The molecule has 3 heterocycles. The molecule has 0 fully saturated rings. The molecule has 0 N–H and O–H groups in total. The Morgan fingerprint density at radius 2 is 2.00 bits per heavy atom. The molecule has 186 valence electrons. The number of ether oxygens (including phenoxy) is 1. The van der Waals surface area contributed by atoms with Gasteiger partial charge in [0, 0.05) is 57.1 Å². The Hall–Kier alpha value is -3.13. The molecule has 3 aromatic rings. The fourth-order valence-electron chi connectivity index (χ4n) is 4.13. The molecular formula is C27H35N5O2S. The van der Waals surface area contributed by atoms with Crippen LogP contribution in [0.3, 0.4) is 0 Å². The van der Waals surface area contributed by atoms with E-state index in [1.165, 1.54) is 11.3 Å². The zero-order chi connectivity index (χ0) is 24.9. The maximum absolute atomic E-state index is 13.6. The summed E-state index contributed by atoms with van der Waals surface area (Å²) in [5.41, 5.74) is 1.32. The Morgan fingerprint density at radius 1 is 1.17 bits per heavy atom. The van der Waals surface area contributed by atoms with E-state index < -0.39 is 0 Å². The molecule has 4 rings (SSSR count). The average molecular weight is 494 g/mol. The Bertz CT molecular complexity index is 1130. The van der Waals surface area contributed by atoms with Crippen LogP contribution in [0.15, 0.2) is 48.0 Å². The van der Waals surface area contributed by atoms with E-state index in [1.54, 1.807) is 22.4 Å². The van der Waals surface area contributed by atoms with Crippen molar-refractivity contribution in [3.63, 3.8) is 0 Å². The van der Waals surface area contributed by atoms with Gasteiger partial charge in [-0.15, -0.1) is 11.3 Å². The number of nitrogens with zero attached hydrogens (tertiary/aromatic N) is 5. The summed E-state index contributed by atoms with van der Waals surface area (Å²) in [5.74, 6) is 2.58. The van der Waals surface area contributed by atoms with Crippen LogP contribution in [-0.2, 0) is 0 Å². The van der Waals surface area contributed by atoms with Crippen molar-refractivity contribution < 1.29 is 9.53 Å². The molecule has 7 nitrogen and oxygen atoms in total. The number of aromatic nitrogens is 2. The lowest BCUT2D eigenvalue weighted by Crippen LogP contribution is -2.33. The van der Waals surface area contributed by atoms with E-state index in [2.05, 4.69) is 41.3 Å². The Labute approximate surface area is 212 Å². The van der Waals surface area contributed by atoms with Crippen LogP contribution in [0.25, 0.3) is 0 Å². The highest BCUT2D eigenvalue weighted by molar-refractivity contribution is 7.10. The topological polar surface area (TPSA) is 61.8 Å². The molecule has 2 unspecified atom stereocenters. The summed E-state index contributed by atoms with van der Waals surface area (Å²) in [6, 6.07) is 12.1. The van der Waals surface area contributed by atoms with Crippen molar-refractivity contribution in [3.05, 3.63) is 58.4 Å². The average Bonchev–Trinajstić information content (AvgIpc) is 3.37. The maximum Gasteiger partial charge on any atom is 0.263 e. The van der Waals surface area contributed by atoms with E-state index in [-0.39, 0.29) is 12.0 Å². The number of rotatable bonds is 9. The van der Waals surface area contributed by atoms with Gasteiger partial charge in [-0.3, -0.25) is 4.79 Å². The normalized spacial score (nSPS) is 15.4. The van der Waals surface area contributed by atoms with Crippen LogP contribution >= 0.6 is 11.3 Å². The summed E-state index contributed by atoms with van der Waals surface area (Å²) in [5, 5.41) is 2.10. The minimum Gasteiger partial charge on any atom is -0.485 e. The number of carbonyl (C=O) groups is 1. The van der Waals surface area contributed by atoms with E-state index in [0.29, 0.717) is 36.3 Å². The smallest absolute Gasteiger partial charge is 0.263 e. The van der Waals surface area contributed by atoms with E-state index in [1.807, 2.05) is 55.2 Å². The molecule has 0 aliphatic carbocycles. The number of anilines is 3. The number of thiophene rings is 1. The van der Waals surface area contributed by atoms with Crippen LogP contribution in [0, 0.1) is 5.92 Å². The van der Waals surface area contributed by atoms with Gasteiger partial charge in [0.25, 0.3) is 5.91 Å². The van der Waals surface area contributed by atoms with E-state index >= 15 is 0 Å². The van der Waals surface area contributed by atoms with Crippen molar-refractivity contribution >= 4 is 34.7 Å². The van der Waals surface area contributed by atoms with Crippen molar-refractivity contribution in [2.45, 2.75) is 39.2 Å². The first-order valence-corrected chi connectivity index (χ1v) is 13.1. The van der Waals surface area contributed by atoms with Gasteiger partial charge in [-0.25, -0.2) is 4.98 Å². The molecule has 35 heavy (non-hydrogen) atoms. The Balaban J connectivity index is 1.58. The summed E-state index contributed by atoms with van der Waals surface area (Å²) in [6.07, 6.45) is 4.88. The first-order valence-electron chi connectivity index (χ1n) is 12.2. The van der Waals surface area contributed by atoms with Gasteiger partial charge in [0.2, 0.25) is 5.95 Å². The van der Waals surface area contributed by atoms with Gasteiger partial charge >= 0.3 is 0 Å². The first kappa shape index (κ1) is 25.0. The molecule has 1 aromatic carbocycles. The van der Waals surface area contributed by atoms with Gasteiger partial charge in [-0.1, -0.05) is 32.4 Å². The third kappa shape index (κ3) is 5.75. The van der Waals surface area contributed by atoms with Crippen LogP contribution in [0.2, 0.25) is 0 Å². The number of amides is 1. The number of fused-ring (bicyclic) bond motifs is 1. The molecule has 0 spiro atoms. The van der Waals surface area contributed by atoms with Gasteiger partial charge in [-0.05, 0) is 42.3 Å². The summed E-state index contributed by atoms with van der Waals surface area (Å²) in [6.45, 7) is 5.74. The molecule has 8 heteroatoms. The van der Waals surface area contributed by atoms with E-state index in [4.69, 9.17) is 4.74 Å². The van der Waals surface area contributed by atoms with Crippen molar-refractivity contribution in [3.8, 4) is 5.75 Å². The predicted molar refractivity (Wildman–Crippen MR) is 144 cm³/mol. The SMILES string of the molecule is CCC(C)CCC(Oc1cccc(N2CCN(C)c3nc(N(C)C)ncc3C2=O)c1)c1cccs1. The molecule has 0 saturated heterocycles. The fourth-order valence-corrected chi connectivity index (χ4v) is 4.92. The largest absolute Gasteiger partial charge is 0.485 e. The summed E-state index contributed by atoms with van der Waals surface area (Å²) in [4.78, 5) is 29.5. The molecular weight excluding hydrogens is 458 g/mol. The minimum absolute atomic E-state index is 0.00352. The quantitative estimate of drug-likeness (QED) is 0.384. The maximum atomic E-state index is 13.6. The number of hydrogen-bond acceptors (Lipinski definition) is 7. The van der Waals surface area contributed by atoms with Crippen molar-refractivity contribution in [1.29, 1.82) is 0 Å². The molecule has 0 bridgehead atoms. The van der Waals surface area contributed by atoms with Crippen molar-refractivity contribution in [2.24, 2.45) is 5.92 Å². The summed E-state index contributed by atoms with van der Waals surface area (Å²) in [7, 11) is 5.75. The van der Waals surface area contributed by atoms with Crippen LogP contribution in [-0.4, -0.2) is 50.1 Å². The standard InChI is InChI=1S/C27H35N5O2S/c1-6-19(2)12-13-23(24-11-8-16-35-24)34-21-10-7-9-20(17-21)32-15-14-31(5)25-22(26(32)33)18-28-27(29-25)30(3)4/h7-11,16-19,23H,6,12-15H2,1-5H3. The van der Waals surface area contributed by atoms with E-state index in [0.717, 1.165) is 24.3 Å². The number of hydrogen-bond donors (Lipinski definition) is 0. The molecule has 0 radical (unpaired) electrons. The number of benzene rings is 1. The zero-order valence-electron chi connectivity index (χ0n) is 21.3. The highest BCUT2D eigenvalue weighted by Crippen LogP contribution is 2.33. The summed E-state index contributed by atoms with van der Waals surface area (Å²) >= 11 is 1.73. The molecule has 2 aromatic heterocycles. The third-order valence-electron chi connectivity index (χ3n) is 6.54. The van der Waals surface area contributed by atoms with Crippen LogP contribution in [0.4, 0.5) is 17.5 Å². The van der Waals surface area contributed by atoms with Crippen LogP contribution in [0.1, 0.15) is 54.4 Å². The molecule has 1 aliphatic rings. The van der Waals surface area contributed by atoms with Crippen LogP contribution in [0.5, 0.6) is 5.75 Å². The lowest BCUT2D eigenvalue weighted by Gasteiger charge is -2.23. The monoisotopic (exact) mass is 493 g/mol. The van der Waals surface area contributed by atoms with Gasteiger partial charge < -0.3 is 19.4 Å². The summed E-state index contributed by atoms with van der Waals surface area (Å²) < 4.78 is 6.52. The molecule has 1 aliphatic heterocycles. The van der Waals surface area contributed by atoms with Crippen molar-refractivity contribution in [2.75, 3.05) is 48.9 Å². The minimum atomic E-state index is -0.0987. The van der Waals surface area contributed by atoms with E-state index in [9.17, 15) is 4.79 Å². The highest BCUT2D eigenvalue weighted by atomic mass is 32.1. The second-order valence-corrected chi connectivity index (χ2v) is 10.4. The molecule has 2 atom stereocenters. The Kier molecular flexibility index (Phi) is 7.90. The lowest BCUT2D eigenvalue weighted by atomic mass is 10.00. The zero-order valence-corrected chi connectivity index (χ0v) is 22.1.